The number of ether oxygens (including phenoxy) is 1. The van der Waals surface area contributed by atoms with Gasteiger partial charge >= 0.3 is 6.09 Å². The quantitative estimate of drug-likeness (QED) is 0.650. The molecule has 14 heavy (non-hydrogen) atoms. The molecule has 0 aliphatic carbocycles. The highest BCUT2D eigenvalue weighted by atomic mass is 16.5. The van der Waals surface area contributed by atoms with Gasteiger partial charge in [-0.1, -0.05) is 0 Å². The number of nitrogens with zero attached hydrogens (tertiary/aromatic N) is 2. The predicted molar refractivity (Wildman–Crippen MR) is 50.4 cm³/mol. The fraction of sp³-hybridized carbons (Fsp3) is 0.889. The highest BCUT2D eigenvalue weighted by molar-refractivity contribution is 5.67. The lowest BCUT2D eigenvalue weighted by Gasteiger charge is -2.50. The van der Waals surface area contributed by atoms with Gasteiger partial charge in [0.2, 0.25) is 0 Å². The number of likely N-dealkylation sites (tertiary alicyclic amines) is 1. The van der Waals surface area contributed by atoms with Crippen LogP contribution in [0.5, 0.6) is 0 Å². The summed E-state index contributed by atoms with van der Waals surface area (Å²) in [6.07, 6.45) is -0.804. The van der Waals surface area contributed by atoms with Crippen molar-refractivity contribution in [1.29, 1.82) is 0 Å². The fourth-order valence-corrected chi connectivity index (χ4v) is 2.17. The van der Waals surface area contributed by atoms with Crippen LogP contribution in [0.25, 0.3) is 0 Å². The van der Waals surface area contributed by atoms with Gasteiger partial charge in [-0.15, -0.1) is 0 Å². The van der Waals surface area contributed by atoms with Gasteiger partial charge in [0.25, 0.3) is 0 Å². The van der Waals surface area contributed by atoms with Crippen LogP contribution >= 0.6 is 0 Å². The number of morpholine rings is 1. The van der Waals surface area contributed by atoms with Gasteiger partial charge in [0.1, 0.15) is 0 Å². The van der Waals surface area contributed by atoms with Crippen molar-refractivity contribution >= 4 is 6.09 Å². The summed E-state index contributed by atoms with van der Waals surface area (Å²) in [4.78, 5) is 14.5. The molecule has 2 rings (SSSR count). The van der Waals surface area contributed by atoms with E-state index in [4.69, 9.17) is 9.84 Å². The topological polar surface area (TPSA) is 53.0 Å². The largest absolute Gasteiger partial charge is 0.465 e. The molecule has 0 radical (unpaired) electrons. The summed E-state index contributed by atoms with van der Waals surface area (Å²) in [7, 11) is 0. The molecular weight excluding hydrogens is 184 g/mol. The summed E-state index contributed by atoms with van der Waals surface area (Å²) in [6, 6.07) is 0.528. The van der Waals surface area contributed by atoms with Crippen molar-refractivity contribution in [3.8, 4) is 0 Å². The molecule has 2 atom stereocenters. The maximum absolute atomic E-state index is 10.7. The lowest BCUT2D eigenvalue weighted by atomic mass is 9.97. The predicted octanol–water partition coefficient (Wildman–Crippen LogP) is 0.0693. The van der Waals surface area contributed by atoms with Gasteiger partial charge in [-0.25, -0.2) is 4.79 Å². The Bertz CT molecular complexity index is 228. The third kappa shape index (κ3) is 1.57. The van der Waals surface area contributed by atoms with Gasteiger partial charge in [-0.2, -0.15) is 0 Å². The number of rotatable bonds is 1. The van der Waals surface area contributed by atoms with Gasteiger partial charge in [0.15, 0.2) is 0 Å². The van der Waals surface area contributed by atoms with Crippen molar-refractivity contribution in [2.75, 3.05) is 32.8 Å². The van der Waals surface area contributed by atoms with Crippen LogP contribution in [0, 0.1) is 0 Å². The van der Waals surface area contributed by atoms with Crippen molar-refractivity contribution in [2.24, 2.45) is 0 Å². The van der Waals surface area contributed by atoms with E-state index in [1.807, 2.05) is 6.92 Å². The van der Waals surface area contributed by atoms with E-state index < -0.39 is 6.09 Å². The van der Waals surface area contributed by atoms with Gasteiger partial charge in [-0.05, 0) is 6.92 Å². The van der Waals surface area contributed by atoms with Gasteiger partial charge < -0.3 is 14.7 Å². The molecule has 0 aromatic rings. The Morgan fingerprint density at radius 1 is 1.43 bits per heavy atom. The van der Waals surface area contributed by atoms with E-state index in [2.05, 4.69) is 4.90 Å². The molecule has 0 bridgehead atoms. The maximum atomic E-state index is 10.7. The molecule has 0 spiro atoms. The summed E-state index contributed by atoms with van der Waals surface area (Å²) >= 11 is 0. The molecule has 2 aliphatic rings. The van der Waals surface area contributed by atoms with E-state index in [0.717, 1.165) is 26.3 Å². The normalized spacial score (nSPS) is 33.9. The average Bonchev–Trinajstić information content (AvgIpc) is 2.17. The van der Waals surface area contributed by atoms with Gasteiger partial charge in [0.05, 0.1) is 13.2 Å². The molecular formula is C9H16N2O3. The first-order valence-electron chi connectivity index (χ1n) is 5.01. The van der Waals surface area contributed by atoms with Crippen LogP contribution in [-0.2, 0) is 4.74 Å². The minimum Gasteiger partial charge on any atom is -0.465 e. The third-order valence-corrected chi connectivity index (χ3v) is 3.19. The van der Waals surface area contributed by atoms with Crippen LogP contribution in [0.3, 0.4) is 0 Å². The molecule has 2 saturated heterocycles. The van der Waals surface area contributed by atoms with E-state index >= 15 is 0 Å². The Kier molecular flexibility index (Phi) is 2.60. The van der Waals surface area contributed by atoms with E-state index in [1.54, 1.807) is 0 Å². The Morgan fingerprint density at radius 2 is 2.07 bits per heavy atom. The SMILES string of the molecule is C[C@@H]1[C@@H](N2CCOCC2)CN1C(=O)O. The third-order valence-electron chi connectivity index (χ3n) is 3.19. The van der Waals surface area contributed by atoms with Gasteiger partial charge in [0, 0.05) is 31.7 Å². The Morgan fingerprint density at radius 3 is 2.57 bits per heavy atom. The fourth-order valence-electron chi connectivity index (χ4n) is 2.17. The van der Waals surface area contributed by atoms with Gasteiger partial charge in [-0.3, -0.25) is 4.90 Å². The van der Waals surface area contributed by atoms with Crippen molar-refractivity contribution in [3.05, 3.63) is 0 Å². The van der Waals surface area contributed by atoms with Crippen LogP contribution in [0.4, 0.5) is 4.79 Å². The molecule has 80 valence electrons. The number of amides is 1. The molecule has 0 aromatic heterocycles. The highest BCUT2D eigenvalue weighted by Gasteiger charge is 2.42. The first-order chi connectivity index (χ1) is 6.70. The molecule has 2 heterocycles. The van der Waals surface area contributed by atoms with E-state index in [1.165, 1.54) is 4.90 Å². The van der Waals surface area contributed by atoms with Crippen LogP contribution in [0.2, 0.25) is 0 Å². The zero-order valence-corrected chi connectivity index (χ0v) is 8.35. The summed E-state index contributed by atoms with van der Waals surface area (Å²) < 4.78 is 5.26. The molecule has 0 saturated carbocycles. The minimum atomic E-state index is -0.804. The van der Waals surface area contributed by atoms with Crippen molar-refractivity contribution < 1.29 is 14.6 Å². The number of carboxylic acid groups (broad SMARTS) is 1. The molecule has 2 fully saturated rings. The molecule has 1 N–H and O–H groups in total. The molecule has 1 amide bonds. The summed E-state index contributed by atoms with van der Waals surface area (Å²) in [5.41, 5.74) is 0. The Labute approximate surface area is 83.2 Å². The number of hydrogen-bond donors (Lipinski definition) is 1. The molecule has 5 heteroatoms. The molecule has 0 aromatic carbocycles. The Balaban J connectivity index is 1.86. The second-order valence-corrected chi connectivity index (χ2v) is 3.89. The second kappa shape index (κ2) is 3.74. The summed E-state index contributed by atoms with van der Waals surface area (Å²) in [5.74, 6) is 0. The Hall–Kier alpha value is -0.810. The standard InChI is InChI=1S/C9H16N2O3/c1-7-8(6-11(7)9(12)13)10-2-4-14-5-3-10/h7-8H,2-6H2,1H3,(H,12,13)/t7-,8+/m1/s1. The van der Waals surface area contributed by atoms with E-state index in [-0.39, 0.29) is 6.04 Å². The van der Waals surface area contributed by atoms with Crippen LogP contribution < -0.4 is 0 Å². The summed E-state index contributed by atoms with van der Waals surface area (Å²) in [6.45, 7) is 6.03. The first kappa shape index (κ1) is 9.73. The monoisotopic (exact) mass is 200 g/mol. The number of hydrogen-bond acceptors (Lipinski definition) is 3. The zero-order valence-electron chi connectivity index (χ0n) is 8.35. The highest BCUT2D eigenvalue weighted by Crippen LogP contribution is 2.23. The van der Waals surface area contributed by atoms with Crippen molar-refractivity contribution in [3.63, 3.8) is 0 Å². The average molecular weight is 200 g/mol. The lowest BCUT2D eigenvalue weighted by molar-refractivity contribution is -0.0529. The van der Waals surface area contributed by atoms with E-state index in [9.17, 15) is 4.79 Å². The van der Waals surface area contributed by atoms with Crippen LogP contribution in [0.1, 0.15) is 6.92 Å². The molecule has 5 nitrogen and oxygen atoms in total. The first-order valence-corrected chi connectivity index (χ1v) is 5.01. The summed E-state index contributed by atoms with van der Waals surface area (Å²) in [5, 5.41) is 8.80. The zero-order chi connectivity index (χ0) is 10.1. The van der Waals surface area contributed by atoms with Crippen molar-refractivity contribution in [2.45, 2.75) is 19.0 Å². The smallest absolute Gasteiger partial charge is 0.407 e. The lowest BCUT2D eigenvalue weighted by Crippen LogP contribution is -2.68. The van der Waals surface area contributed by atoms with Crippen LogP contribution in [-0.4, -0.2) is 65.9 Å². The maximum Gasteiger partial charge on any atom is 0.407 e. The number of carbonyl (C=O) groups is 1. The van der Waals surface area contributed by atoms with Crippen molar-refractivity contribution in [1.82, 2.24) is 9.80 Å². The second-order valence-electron chi connectivity index (χ2n) is 3.89. The van der Waals surface area contributed by atoms with Crippen LogP contribution in [0.15, 0.2) is 0 Å². The molecule has 2 aliphatic heterocycles. The van der Waals surface area contributed by atoms with E-state index in [0.29, 0.717) is 12.6 Å². The molecule has 0 unspecified atom stereocenters. The minimum absolute atomic E-state index is 0.130.